The van der Waals surface area contributed by atoms with Crippen molar-refractivity contribution >= 4 is 45.2 Å². The van der Waals surface area contributed by atoms with Crippen LogP contribution in [0.25, 0.3) is 6.08 Å². The number of nitrogens with zero attached hydrogens (tertiary/aromatic N) is 1. The molecule has 0 fully saturated rings. The molecule has 1 aliphatic rings. The van der Waals surface area contributed by atoms with Gasteiger partial charge in [0.2, 0.25) is 5.90 Å². The molecule has 0 unspecified atom stereocenters. The number of esters is 1. The second kappa shape index (κ2) is 6.06. The second-order valence-electron chi connectivity index (χ2n) is 6.31. The lowest BCUT2D eigenvalue weighted by molar-refractivity contribution is -0.129. The van der Waals surface area contributed by atoms with Crippen LogP contribution >= 0.6 is 27.3 Å². The Labute approximate surface area is 147 Å². The zero-order valence-corrected chi connectivity index (χ0v) is 15.5. The van der Waals surface area contributed by atoms with Gasteiger partial charge in [-0.05, 0) is 57.2 Å². The molecule has 118 valence electrons. The number of rotatable bonds is 2. The predicted octanol–water partition coefficient (Wildman–Crippen LogP) is 5.15. The summed E-state index contributed by atoms with van der Waals surface area (Å²) < 4.78 is 6.31. The number of ether oxygens (including phenoxy) is 1. The molecular weight excluding hydrogens is 374 g/mol. The van der Waals surface area contributed by atoms with Gasteiger partial charge in [0.15, 0.2) is 5.70 Å². The number of hydrogen-bond acceptors (Lipinski definition) is 4. The summed E-state index contributed by atoms with van der Waals surface area (Å²) in [5.41, 5.74) is 2.45. The molecule has 0 N–H and O–H groups in total. The number of benzene rings is 1. The molecule has 3 rings (SSSR count). The Morgan fingerprint density at radius 2 is 1.83 bits per heavy atom. The monoisotopic (exact) mass is 389 g/mol. The highest BCUT2D eigenvalue weighted by molar-refractivity contribution is 9.11. The van der Waals surface area contributed by atoms with E-state index in [2.05, 4.69) is 41.7 Å². The Morgan fingerprint density at radius 3 is 2.39 bits per heavy atom. The third-order valence-electron chi connectivity index (χ3n) is 3.49. The van der Waals surface area contributed by atoms with Crippen molar-refractivity contribution in [2.24, 2.45) is 4.99 Å². The summed E-state index contributed by atoms with van der Waals surface area (Å²) in [7, 11) is 0. The number of thiophene rings is 1. The van der Waals surface area contributed by atoms with E-state index in [0.717, 1.165) is 14.2 Å². The second-order valence-corrected chi connectivity index (χ2v) is 8.80. The van der Waals surface area contributed by atoms with Crippen LogP contribution in [0.2, 0.25) is 0 Å². The van der Waals surface area contributed by atoms with Crippen LogP contribution in [0.4, 0.5) is 0 Å². The summed E-state index contributed by atoms with van der Waals surface area (Å²) in [6, 6.07) is 11.8. The molecule has 0 saturated heterocycles. The molecule has 1 aromatic heterocycles. The van der Waals surface area contributed by atoms with Gasteiger partial charge >= 0.3 is 5.97 Å². The fourth-order valence-electron chi connectivity index (χ4n) is 2.19. The maximum absolute atomic E-state index is 12.0. The van der Waals surface area contributed by atoms with E-state index < -0.39 is 5.97 Å². The van der Waals surface area contributed by atoms with Crippen molar-refractivity contribution in [2.75, 3.05) is 0 Å². The molecule has 0 saturated carbocycles. The van der Waals surface area contributed by atoms with Crippen molar-refractivity contribution in [1.29, 1.82) is 0 Å². The van der Waals surface area contributed by atoms with E-state index in [1.54, 1.807) is 17.4 Å². The molecule has 5 heteroatoms. The number of aliphatic imine (C=N–C) groups is 1. The highest BCUT2D eigenvalue weighted by Crippen LogP contribution is 2.27. The zero-order valence-electron chi connectivity index (χ0n) is 13.1. The smallest absolute Gasteiger partial charge is 0.363 e. The van der Waals surface area contributed by atoms with Crippen LogP contribution < -0.4 is 0 Å². The summed E-state index contributed by atoms with van der Waals surface area (Å²) in [5.74, 6) is -0.0539. The first-order valence-corrected chi connectivity index (χ1v) is 8.83. The lowest BCUT2D eigenvalue weighted by Crippen LogP contribution is -2.11. The SMILES string of the molecule is CC(C)(C)c1ccc(C2=N/C(=C\c3ccc(Br)s3)C(=O)O2)cc1. The van der Waals surface area contributed by atoms with E-state index in [4.69, 9.17) is 4.74 Å². The normalized spacial score (nSPS) is 16.6. The Kier molecular flexibility index (Phi) is 4.25. The molecule has 0 spiro atoms. The minimum Gasteiger partial charge on any atom is -0.402 e. The molecular formula is C18H16BrNO2S. The van der Waals surface area contributed by atoms with Gasteiger partial charge in [0.25, 0.3) is 0 Å². The van der Waals surface area contributed by atoms with Gasteiger partial charge in [-0.1, -0.05) is 32.9 Å². The first-order chi connectivity index (χ1) is 10.8. The van der Waals surface area contributed by atoms with E-state index in [1.165, 1.54) is 5.56 Å². The molecule has 1 aliphatic heterocycles. The van der Waals surface area contributed by atoms with Crippen molar-refractivity contribution in [1.82, 2.24) is 0 Å². The average molecular weight is 390 g/mol. The van der Waals surface area contributed by atoms with Crippen molar-refractivity contribution < 1.29 is 9.53 Å². The van der Waals surface area contributed by atoms with Crippen molar-refractivity contribution in [3.8, 4) is 0 Å². The van der Waals surface area contributed by atoms with Gasteiger partial charge in [-0.2, -0.15) is 0 Å². The first kappa shape index (κ1) is 16.1. The maximum atomic E-state index is 12.0. The number of hydrogen-bond donors (Lipinski definition) is 0. The predicted molar refractivity (Wildman–Crippen MR) is 97.8 cm³/mol. The molecule has 0 amide bonds. The topological polar surface area (TPSA) is 38.7 Å². The molecule has 0 radical (unpaired) electrons. The van der Waals surface area contributed by atoms with Crippen LogP contribution in [0.5, 0.6) is 0 Å². The lowest BCUT2D eigenvalue weighted by Gasteiger charge is -2.18. The molecule has 2 heterocycles. The summed E-state index contributed by atoms with van der Waals surface area (Å²) in [6.07, 6.45) is 1.74. The number of halogens is 1. The Morgan fingerprint density at radius 1 is 1.13 bits per heavy atom. The quantitative estimate of drug-likeness (QED) is 0.525. The summed E-state index contributed by atoms with van der Waals surface area (Å²) in [6.45, 7) is 6.49. The van der Waals surface area contributed by atoms with Crippen LogP contribution in [-0.4, -0.2) is 11.9 Å². The molecule has 0 bridgehead atoms. The van der Waals surface area contributed by atoms with Crippen molar-refractivity contribution in [2.45, 2.75) is 26.2 Å². The fourth-order valence-corrected chi connectivity index (χ4v) is 3.55. The number of cyclic esters (lactones) is 1. The number of carbonyl (C=O) groups excluding carboxylic acids is 1. The summed E-state index contributed by atoms with van der Waals surface area (Å²) in [5, 5.41) is 0. The molecule has 2 aromatic rings. The molecule has 0 aliphatic carbocycles. The van der Waals surface area contributed by atoms with Gasteiger partial charge in [0.1, 0.15) is 0 Å². The number of carbonyl (C=O) groups is 1. The van der Waals surface area contributed by atoms with E-state index >= 15 is 0 Å². The molecule has 0 atom stereocenters. The Hall–Kier alpha value is -1.72. The van der Waals surface area contributed by atoms with Crippen LogP contribution in [0.15, 0.2) is 50.9 Å². The highest BCUT2D eigenvalue weighted by atomic mass is 79.9. The third-order valence-corrected chi connectivity index (χ3v) is 5.06. The Balaban J connectivity index is 1.88. The van der Waals surface area contributed by atoms with Gasteiger partial charge in [0, 0.05) is 10.4 Å². The first-order valence-electron chi connectivity index (χ1n) is 7.22. The average Bonchev–Trinajstić information content (AvgIpc) is 3.05. The molecule has 3 nitrogen and oxygen atoms in total. The van der Waals surface area contributed by atoms with Gasteiger partial charge < -0.3 is 4.74 Å². The van der Waals surface area contributed by atoms with E-state index in [9.17, 15) is 4.79 Å². The third kappa shape index (κ3) is 3.62. The molecule has 23 heavy (non-hydrogen) atoms. The summed E-state index contributed by atoms with van der Waals surface area (Å²) in [4.78, 5) is 17.3. The van der Waals surface area contributed by atoms with E-state index in [-0.39, 0.29) is 5.41 Å². The summed E-state index contributed by atoms with van der Waals surface area (Å²) >= 11 is 4.95. The van der Waals surface area contributed by atoms with Gasteiger partial charge in [-0.3, -0.25) is 0 Å². The minimum atomic E-state index is -0.413. The van der Waals surface area contributed by atoms with Gasteiger partial charge in [0.05, 0.1) is 3.79 Å². The van der Waals surface area contributed by atoms with Crippen LogP contribution in [-0.2, 0) is 14.9 Å². The minimum absolute atomic E-state index is 0.0876. The van der Waals surface area contributed by atoms with Gasteiger partial charge in [-0.15, -0.1) is 11.3 Å². The highest BCUT2D eigenvalue weighted by Gasteiger charge is 2.24. The van der Waals surface area contributed by atoms with Gasteiger partial charge in [-0.25, -0.2) is 9.79 Å². The fraction of sp³-hybridized carbons (Fsp3) is 0.222. The maximum Gasteiger partial charge on any atom is 0.363 e. The standard InChI is InChI=1S/C18H16BrNO2S/c1-18(2,3)12-6-4-11(5-7-12)16-20-14(17(21)22-16)10-13-8-9-15(19)23-13/h4-10H,1-3H3/b14-10-. The van der Waals surface area contributed by atoms with Crippen LogP contribution in [0, 0.1) is 0 Å². The molecule has 1 aromatic carbocycles. The zero-order chi connectivity index (χ0) is 16.6. The largest absolute Gasteiger partial charge is 0.402 e. The lowest BCUT2D eigenvalue weighted by atomic mass is 9.87. The van der Waals surface area contributed by atoms with E-state index in [1.807, 2.05) is 36.4 Å². The van der Waals surface area contributed by atoms with Crippen molar-refractivity contribution in [3.05, 3.63) is 61.9 Å². The Bertz CT molecular complexity index is 810. The van der Waals surface area contributed by atoms with Crippen LogP contribution in [0.1, 0.15) is 36.8 Å². The van der Waals surface area contributed by atoms with Crippen molar-refractivity contribution in [3.63, 3.8) is 0 Å². The van der Waals surface area contributed by atoms with Crippen LogP contribution in [0.3, 0.4) is 0 Å². The van der Waals surface area contributed by atoms with E-state index in [0.29, 0.717) is 11.6 Å².